The Hall–Kier alpha value is -1.74. The molecule has 1 aromatic carbocycles. The Bertz CT molecular complexity index is 994. The number of hydrogen-bond donors (Lipinski definition) is 0. The number of aryl methyl sites for hydroxylation is 2. The van der Waals surface area contributed by atoms with Crippen LogP contribution in [0.4, 0.5) is 5.13 Å². The van der Waals surface area contributed by atoms with Crippen LogP contribution in [0.2, 0.25) is 0 Å². The smallest absolute Gasteiger partial charge is 0.295 e. The van der Waals surface area contributed by atoms with E-state index in [1.165, 1.54) is 11.1 Å². The molecule has 1 amide bonds. The van der Waals surface area contributed by atoms with Gasteiger partial charge in [-0.25, -0.2) is 4.98 Å². The Kier molecular flexibility index (Phi) is 5.82. The van der Waals surface area contributed by atoms with Crippen molar-refractivity contribution in [1.82, 2.24) is 9.88 Å². The molecule has 0 bridgehead atoms. The third-order valence-electron chi connectivity index (χ3n) is 4.81. The molecule has 28 heavy (non-hydrogen) atoms. The number of carbonyl (C=O) groups is 1. The van der Waals surface area contributed by atoms with E-state index in [2.05, 4.69) is 46.8 Å². The maximum atomic E-state index is 13.2. The monoisotopic (exact) mass is 463 g/mol. The molecule has 0 unspecified atom stereocenters. The zero-order valence-electron chi connectivity index (χ0n) is 15.9. The quantitative estimate of drug-likeness (QED) is 0.565. The van der Waals surface area contributed by atoms with E-state index in [-0.39, 0.29) is 5.91 Å². The molecule has 3 heterocycles. The van der Waals surface area contributed by atoms with Crippen LogP contribution in [0.3, 0.4) is 0 Å². The molecule has 0 aliphatic carbocycles. The topological polar surface area (TPSA) is 58.8 Å². The number of nitrogens with zero attached hydrogens (tertiary/aromatic N) is 3. The molecule has 1 saturated heterocycles. The summed E-state index contributed by atoms with van der Waals surface area (Å²) in [6.07, 6.45) is 0. The summed E-state index contributed by atoms with van der Waals surface area (Å²) in [6.45, 7) is 8.70. The van der Waals surface area contributed by atoms with Crippen molar-refractivity contribution < 1.29 is 13.9 Å². The molecule has 0 N–H and O–H groups in total. The van der Waals surface area contributed by atoms with Crippen LogP contribution >= 0.6 is 27.3 Å². The minimum atomic E-state index is -0.174. The fraction of sp³-hybridized carbons (Fsp3) is 0.400. The molecular weight excluding hydrogens is 442 g/mol. The molecule has 2 aromatic heterocycles. The minimum Gasteiger partial charge on any atom is -0.444 e. The van der Waals surface area contributed by atoms with Crippen LogP contribution in [0.1, 0.15) is 21.7 Å². The van der Waals surface area contributed by atoms with Crippen molar-refractivity contribution in [2.24, 2.45) is 0 Å². The summed E-state index contributed by atoms with van der Waals surface area (Å²) in [7, 11) is 0. The zero-order valence-corrected chi connectivity index (χ0v) is 18.3. The van der Waals surface area contributed by atoms with E-state index in [4.69, 9.17) is 14.1 Å². The van der Waals surface area contributed by atoms with Crippen molar-refractivity contribution in [3.05, 3.63) is 45.8 Å². The van der Waals surface area contributed by atoms with Crippen molar-refractivity contribution in [1.29, 1.82) is 0 Å². The van der Waals surface area contributed by atoms with Crippen LogP contribution < -0.4 is 4.90 Å². The van der Waals surface area contributed by atoms with Crippen LogP contribution in [0.5, 0.6) is 0 Å². The first-order valence-electron chi connectivity index (χ1n) is 9.26. The molecule has 3 aromatic rings. The number of rotatable bonds is 5. The van der Waals surface area contributed by atoms with Crippen LogP contribution in [0.25, 0.3) is 10.2 Å². The highest BCUT2D eigenvalue weighted by Gasteiger charge is 2.25. The number of carbonyl (C=O) groups excluding carboxylic acids is 1. The van der Waals surface area contributed by atoms with Gasteiger partial charge in [-0.1, -0.05) is 17.4 Å². The largest absolute Gasteiger partial charge is 0.444 e. The first-order chi connectivity index (χ1) is 13.5. The van der Waals surface area contributed by atoms with Gasteiger partial charge in [-0.2, -0.15) is 0 Å². The second-order valence-electron chi connectivity index (χ2n) is 6.94. The maximum absolute atomic E-state index is 13.2. The van der Waals surface area contributed by atoms with Gasteiger partial charge in [-0.05, 0) is 59.1 Å². The predicted octanol–water partition coefficient (Wildman–Crippen LogP) is 4.25. The zero-order chi connectivity index (χ0) is 19.7. The summed E-state index contributed by atoms with van der Waals surface area (Å²) in [4.78, 5) is 22.0. The normalized spacial score (nSPS) is 15.2. The number of anilines is 1. The second-order valence-corrected chi connectivity index (χ2v) is 8.70. The Balaban J connectivity index is 1.65. The van der Waals surface area contributed by atoms with Gasteiger partial charge in [-0.3, -0.25) is 14.6 Å². The van der Waals surface area contributed by atoms with Crippen molar-refractivity contribution in [2.75, 3.05) is 44.3 Å². The van der Waals surface area contributed by atoms with Crippen LogP contribution in [-0.2, 0) is 4.74 Å². The number of amides is 1. The number of thiazole rings is 1. The molecule has 8 heteroatoms. The Labute approximate surface area is 176 Å². The van der Waals surface area contributed by atoms with Gasteiger partial charge in [0, 0.05) is 26.2 Å². The highest BCUT2D eigenvalue weighted by atomic mass is 79.9. The van der Waals surface area contributed by atoms with Gasteiger partial charge in [-0.15, -0.1) is 0 Å². The van der Waals surface area contributed by atoms with Gasteiger partial charge in [0.25, 0.3) is 5.91 Å². The van der Waals surface area contributed by atoms with E-state index in [0.717, 1.165) is 43.1 Å². The van der Waals surface area contributed by atoms with Crippen molar-refractivity contribution in [2.45, 2.75) is 13.8 Å². The fourth-order valence-electron chi connectivity index (χ4n) is 3.39. The summed E-state index contributed by atoms with van der Waals surface area (Å²) in [5, 5.41) is 0.703. The molecule has 1 fully saturated rings. The first-order valence-corrected chi connectivity index (χ1v) is 10.9. The van der Waals surface area contributed by atoms with E-state index < -0.39 is 0 Å². The maximum Gasteiger partial charge on any atom is 0.295 e. The van der Waals surface area contributed by atoms with Crippen molar-refractivity contribution >= 4 is 48.5 Å². The van der Waals surface area contributed by atoms with Crippen LogP contribution in [-0.4, -0.2) is 55.2 Å². The highest BCUT2D eigenvalue weighted by Crippen LogP contribution is 2.33. The molecule has 6 nitrogen and oxygen atoms in total. The van der Waals surface area contributed by atoms with Gasteiger partial charge < -0.3 is 9.15 Å². The van der Waals surface area contributed by atoms with Crippen molar-refractivity contribution in [3.63, 3.8) is 0 Å². The number of fused-ring (bicyclic) bond motifs is 1. The molecule has 0 radical (unpaired) electrons. The van der Waals surface area contributed by atoms with E-state index >= 15 is 0 Å². The van der Waals surface area contributed by atoms with Crippen molar-refractivity contribution in [3.8, 4) is 0 Å². The standard InChI is InChI=1S/C20H22BrN3O3S/c1-13-11-14(2)18-15(12-13)22-20(28-18)24(6-5-23-7-9-26-10-8-23)19(25)16-3-4-17(21)27-16/h3-4,11-12H,5-10H2,1-2H3. The van der Waals surface area contributed by atoms with E-state index in [9.17, 15) is 4.79 Å². The van der Waals surface area contributed by atoms with Gasteiger partial charge in [0.05, 0.1) is 23.4 Å². The Morgan fingerprint density at radius 3 is 2.79 bits per heavy atom. The highest BCUT2D eigenvalue weighted by molar-refractivity contribution is 9.10. The third kappa shape index (κ3) is 4.15. The van der Waals surface area contributed by atoms with Gasteiger partial charge in [0.1, 0.15) is 0 Å². The SMILES string of the molecule is Cc1cc(C)c2sc(N(CCN3CCOCC3)C(=O)c3ccc(Br)o3)nc2c1. The Morgan fingerprint density at radius 2 is 2.07 bits per heavy atom. The van der Waals surface area contributed by atoms with Gasteiger partial charge in [0.15, 0.2) is 15.6 Å². The average Bonchev–Trinajstić information content (AvgIpc) is 3.29. The number of benzene rings is 1. The van der Waals surface area contributed by atoms with Crippen LogP contribution in [0.15, 0.2) is 33.4 Å². The molecule has 0 saturated carbocycles. The molecule has 1 aliphatic rings. The summed E-state index contributed by atoms with van der Waals surface area (Å²) in [6, 6.07) is 7.64. The lowest BCUT2D eigenvalue weighted by atomic mass is 10.1. The minimum absolute atomic E-state index is 0.174. The summed E-state index contributed by atoms with van der Waals surface area (Å²) >= 11 is 4.83. The lowest BCUT2D eigenvalue weighted by Gasteiger charge is -2.28. The summed E-state index contributed by atoms with van der Waals surface area (Å²) < 4.78 is 12.6. The van der Waals surface area contributed by atoms with Crippen LogP contribution in [0, 0.1) is 13.8 Å². The number of aromatic nitrogens is 1. The number of morpholine rings is 1. The van der Waals surface area contributed by atoms with E-state index in [1.807, 2.05) is 0 Å². The van der Waals surface area contributed by atoms with Gasteiger partial charge >= 0.3 is 0 Å². The third-order valence-corrected chi connectivity index (χ3v) is 6.47. The number of hydrogen-bond acceptors (Lipinski definition) is 6. The number of ether oxygens (including phenoxy) is 1. The molecule has 0 spiro atoms. The number of halogens is 1. The fourth-order valence-corrected chi connectivity index (χ4v) is 4.74. The van der Waals surface area contributed by atoms with Gasteiger partial charge in [0.2, 0.25) is 0 Å². The van der Waals surface area contributed by atoms with E-state index in [0.29, 0.717) is 22.1 Å². The molecule has 0 atom stereocenters. The molecule has 1 aliphatic heterocycles. The lowest BCUT2D eigenvalue weighted by Crippen LogP contribution is -2.43. The second kappa shape index (κ2) is 8.32. The molecule has 4 rings (SSSR count). The first kappa shape index (κ1) is 19.6. The predicted molar refractivity (Wildman–Crippen MR) is 114 cm³/mol. The summed E-state index contributed by atoms with van der Waals surface area (Å²) in [5.41, 5.74) is 3.28. The summed E-state index contributed by atoms with van der Waals surface area (Å²) in [5.74, 6) is 0.133. The average molecular weight is 464 g/mol. The Morgan fingerprint density at radius 1 is 1.29 bits per heavy atom. The molecular formula is C20H22BrN3O3S. The lowest BCUT2D eigenvalue weighted by molar-refractivity contribution is 0.0390. The van der Waals surface area contributed by atoms with E-state index in [1.54, 1.807) is 28.4 Å². The number of furan rings is 1. The molecule has 148 valence electrons.